The Hall–Kier alpha value is -3.48. The lowest BCUT2D eigenvalue weighted by Gasteiger charge is -2.18. The number of rotatable bonds is 8. The Morgan fingerprint density at radius 2 is 1.94 bits per heavy atom. The molecule has 31 heavy (non-hydrogen) atoms. The van der Waals surface area contributed by atoms with Crippen molar-refractivity contribution in [1.29, 1.82) is 0 Å². The summed E-state index contributed by atoms with van der Waals surface area (Å²) < 4.78 is 13.0. The van der Waals surface area contributed by atoms with Crippen LogP contribution in [-0.4, -0.2) is 41.3 Å². The van der Waals surface area contributed by atoms with Crippen LogP contribution in [0.15, 0.2) is 49.0 Å². The minimum atomic E-state index is 0.245. The van der Waals surface area contributed by atoms with E-state index < -0.39 is 0 Å². The van der Waals surface area contributed by atoms with Gasteiger partial charge < -0.3 is 24.7 Å². The molecule has 7 nitrogen and oxygen atoms in total. The molecule has 4 rings (SSSR count). The van der Waals surface area contributed by atoms with Crippen LogP contribution in [-0.2, 0) is 13.0 Å². The summed E-state index contributed by atoms with van der Waals surface area (Å²) in [6.45, 7) is 5.86. The number of benzene rings is 1. The predicted molar refractivity (Wildman–Crippen MR) is 124 cm³/mol. The molecule has 1 unspecified atom stereocenters. The zero-order chi connectivity index (χ0) is 21.8. The molecule has 2 aromatic heterocycles. The van der Waals surface area contributed by atoms with E-state index in [1.807, 2.05) is 24.4 Å². The lowest BCUT2D eigenvalue weighted by molar-refractivity contribution is 0.354. The van der Waals surface area contributed by atoms with Gasteiger partial charge in [0.1, 0.15) is 17.8 Å². The summed E-state index contributed by atoms with van der Waals surface area (Å²) in [6, 6.07) is 6.26. The van der Waals surface area contributed by atoms with Gasteiger partial charge in [-0.25, -0.2) is 9.97 Å². The van der Waals surface area contributed by atoms with E-state index in [4.69, 9.17) is 9.47 Å². The number of aromatic nitrogens is 3. The lowest BCUT2D eigenvalue weighted by Crippen LogP contribution is -2.29. The highest BCUT2D eigenvalue weighted by molar-refractivity contribution is 5.91. The van der Waals surface area contributed by atoms with Crippen molar-refractivity contribution in [2.45, 2.75) is 32.9 Å². The zero-order valence-electron chi connectivity index (χ0n) is 18.5. The first-order valence-corrected chi connectivity index (χ1v) is 10.5. The maximum atomic E-state index is 5.41. The molecule has 1 aliphatic heterocycles. The molecule has 0 saturated heterocycles. The second-order valence-corrected chi connectivity index (χ2v) is 7.63. The van der Waals surface area contributed by atoms with Crippen LogP contribution in [0.5, 0.6) is 11.5 Å². The standard InChI is InChI=1S/C24H29N5O2/c1-16-17(2)29(14-19-7-5-6-11-25-19)24-22(16)23(27-15-28-24)26-12-10-18-8-9-20(30-3)21(13-18)31-4/h5-9,11,13,15,19,25H,10,12,14H2,1-4H3,(H,26,27,28). The number of fused-ring (bicyclic) bond motifs is 1. The van der Waals surface area contributed by atoms with Crippen molar-refractivity contribution in [2.24, 2.45) is 0 Å². The molecule has 162 valence electrons. The fourth-order valence-corrected chi connectivity index (χ4v) is 3.99. The van der Waals surface area contributed by atoms with Crippen LogP contribution in [0.2, 0.25) is 0 Å². The SMILES string of the molecule is COc1ccc(CCNc2ncnc3c2c(C)c(C)n3CC2C=CC=CN2)cc1OC. The number of hydrogen-bond donors (Lipinski definition) is 2. The van der Waals surface area contributed by atoms with Gasteiger partial charge >= 0.3 is 0 Å². The molecular weight excluding hydrogens is 390 g/mol. The molecule has 0 spiro atoms. The lowest BCUT2D eigenvalue weighted by atomic mass is 10.1. The molecule has 3 aromatic rings. The first-order valence-electron chi connectivity index (χ1n) is 10.5. The number of methoxy groups -OCH3 is 2. The van der Waals surface area contributed by atoms with Gasteiger partial charge in [-0.2, -0.15) is 0 Å². The third-order valence-corrected chi connectivity index (χ3v) is 5.80. The Labute approximate surface area is 182 Å². The van der Waals surface area contributed by atoms with E-state index in [9.17, 15) is 0 Å². The van der Waals surface area contributed by atoms with Crippen molar-refractivity contribution >= 4 is 16.9 Å². The normalized spacial score (nSPS) is 15.2. The van der Waals surface area contributed by atoms with Gasteiger partial charge in [0.15, 0.2) is 11.5 Å². The highest BCUT2D eigenvalue weighted by Gasteiger charge is 2.18. The number of hydrogen-bond acceptors (Lipinski definition) is 6. The van der Waals surface area contributed by atoms with Crippen LogP contribution in [0.1, 0.15) is 16.8 Å². The fraction of sp³-hybridized carbons (Fsp3) is 0.333. The number of allylic oxidation sites excluding steroid dienone is 2. The van der Waals surface area contributed by atoms with Crippen molar-refractivity contribution in [2.75, 3.05) is 26.1 Å². The Morgan fingerprint density at radius 1 is 1.10 bits per heavy atom. The smallest absolute Gasteiger partial charge is 0.160 e. The molecule has 1 aromatic carbocycles. The van der Waals surface area contributed by atoms with E-state index in [0.717, 1.165) is 47.9 Å². The van der Waals surface area contributed by atoms with Crippen LogP contribution in [0.4, 0.5) is 5.82 Å². The van der Waals surface area contributed by atoms with Gasteiger partial charge in [-0.05, 0) is 55.8 Å². The van der Waals surface area contributed by atoms with Gasteiger partial charge in [0.2, 0.25) is 0 Å². The van der Waals surface area contributed by atoms with Crippen LogP contribution in [0.25, 0.3) is 11.0 Å². The molecule has 0 amide bonds. The van der Waals surface area contributed by atoms with Crippen LogP contribution >= 0.6 is 0 Å². The summed E-state index contributed by atoms with van der Waals surface area (Å²) in [5.74, 6) is 2.35. The Balaban J connectivity index is 1.53. The van der Waals surface area contributed by atoms with Gasteiger partial charge in [0.05, 0.1) is 25.6 Å². The predicted octanol–water partition coefficient (Wildman–Crippen LogP) is 3.76. The number of aryl methyl sites for hydroxylation is 1. The van der Waals surface area contributed by atoms with Crippen molar-refractivity contribution in [3.05, 3.63) is 65.8 Å². The molecular formula is C24H29N5O2. The average Bonchev–Trinajstić information content (AvgIpc) is 3.05. The van der Waals surface area contributed by atoms with Crippen LogP contribution in [0.3, 0.4) is 0 Å². The molecule has 1 atom stereocenters. The molecule has 7 heteroatoms. The molecule has 0 fully saturated rings. The van der Waals surface area contributed by atoms with Gasteiger partial charge in [-0.3, -0.25) is 0 Å². The Bertz CT molecular complexity index is 1130. The topological polar surface area (TPSA) is 73.2 Å². The molecule has 1 aliphatic rings. The summed E-state index contributed by atoms with van der Waals surface area (Å²) >= 11 is 0. The summed E-state index contributed by atoms with van der Waals surface area (Å²) in [7, 11) is 3.30. The largest absolute Gasteiger partial charge is 0.493 e. The Morgan fingerprint density at radius 3 is 2.68 bits per heavy atom. The molecule has 0 aliphatic carbocycles. The Kier molecular flexibility index (Phi) is 6.11. The van der Waals surface area contributed by atoms with Gasteiger partial charge in [-0.1, -0.05) is 18.2 Å². The summed E-state index contributed by atoms with van der Waals surface area (Å²) in [6.07, 6.45) is 10.7. The van der Waals surface area contributed by atoms with E-state index in [-0.39, 0.29) is 6.04 Å². The van der Waals surface area contributed by atoms with E-state index in [2.05, 4.69) is 57.2 Å². The molecule has 2 N–H and O–H groups in total. The minimum absolute atomic E-state index is 0.245. The van der Waals surface area contributed by atoms with E-state index in [0.29, 0.717) is 0 Å². The number of nitrogens with one attached hydrogen (secondary N) is 2. The van der Waals surface area contributed by atoms with E-state index in [1.54, 1.807) is 20.5 Å². The van der Waals surface area contributed by atoms with E-state index >= 15 is 0 Å². The molecule has 0 radical (unpaired) electrons. The summed E-state index contributed by atoms with van der Waals surface area (Å²) in [5, 5.41) is 7.98. The third-order valence-electron chi connectivity index (χ3n) is 5.80. The number of anilines is 1. The first-order chi connectivity index (χ1) is 15.1. The van der Waals surface area contributed by atoms with Crippen molar-refractivity contribution < 1.29 is 9.47 Å². The highest BCUT2D eigenvalue weighted by atomic mass is 16.5. The first kappa shape index (κ1) is 20.8. The zero-order valence-corrected chi connectivity index (χ0v) is 18.5. The second-order valence-electron chi connectivity index (χ2n) is 7.63. The highest BCUT2D eigenvalue weighted by Crippen LogP contribution is 2.30. The maximum absolute atomic E-state index is 5.41. The minimum Gasteiger partial charge on any atom is -0.493 e. The quantitative estimate of drug-likeness (QED) is 0.579. The summed E-state index contributed by atoms with van der Waals surface area (Å²) in [4.78, 5) is 9.15. The van der Waals surface area contributed by atoms with Gasteiger partial charge in [0, 0.05) is 18.8 Å². The molecule has 0 bridgehead atoms. The van der Waals surface area contributed by atoms with Crippen molar-refractivity contribution in [1.82, 2.24) is 19.9 Å². The van der Waals surface area contributed by atoms with Gasteiger partial charge in [0.25, 0.3) is 0 Å². The second kappa shape index (κ2) is 9.12. The van der Waals surface area contributed by atoms with Gasteiger partial charge in [-0.15, -0.1) is 0 Å². The maximum Gasteiger partial charge on any atom is 0.160 e. The summed E-state index contributed by atoms with van der Waals surface area (Å²) in [5.41, 5.74) is 4.55. The van der Waals surface area contributed by atoms with Crippen molar-refractivity contribution in [3.63, 3.8) is 0 Å². The van der Waals surface area contributed by atoms with Crippen LogP contribution in [0, 0.1) is 13.8 Å². The molecule has 3 heterocycles. The van der Waals surface area contributed by atoms with E-state index in [1.165, 1.54) is 16.8 Å². The monoisotopic (exact) mass is 419 g/mol. The number of nitrogens with zero attached hydrogens (tertiary/aromatic N) is 3. The molecule has 0 saturated carbocycles. The van der Waals surface area contributed by atoms with Crippen LogP contribution < -0.4 is 20.1 Å². The average molecular weight is 420 g/mol. The third kappa shape index (κ3) is 4.21. The van der Waals surface area contributed by atoms with Crippen molar-refractivity contribution in [3.8, 4) is 11.5 Å². The fourth-order valence-electron chi connectivity index (χ4n) is 3.99. The number of ether oxygens (including phenoxy) is 2. The number of dihydropyridines is 1.